The molecule has 1 heterocycles. The number of carbonyl (C=O) groups excluding carboxylic acids is 1. The van der Waals surface area contributed by atoms with Gasteiger partial charge in [-0.3, -0.25) is 4.79 Å². The molecule has 1 aromatic heterocycles. The Balaban J connectivity index is 3.17. The van der Waals surface area contributed by atoms with Gasteiger partial charge >= 0.3 is 0 Å². The predicted octanol–water partition coefficient (Wildman–Crippen LogP) is 2.48. The minimum absolute atomic E-state index is 0.320. The molecule has 0 aliphatic heterocycles. The second kappa shape index (κ2) is 2.86. The Labute approximate surface area is 71.9 Å². The van der Waals surface area contributed by atoms with Gasteiger partial charge in [0.25, 0.3) is 5.24 Å². The summed E-state index contributed by atoms with van der Waals surface area (Å²) >= 11 is 11.8. The minimum atomic E-state index is -0.546. The van der Waals surface area contributed by atoms with Crippen LogP contribution >= 0.6 is 34.7 Å². The van der Waals surface area contributed by atoms with Crippen LogP contribution in [-0.2, 0) is 0 Å². The van der Waals surface area contributed by atoms with Crippen LogP contribution in [0.5, 0.6) is 0 Å². The summed E-state index contributed by atoms with van der Waals surface area (Å²) in [7, 11) is 0. The molecule has 0 saturated heterocycles. The van der Waals surface area contributed by atoms with Crippen LogP contribution in [0.4, 0.5) is 0 Å². The van der Waals surface area contributed by atoms with Gasteiger partial charge in [0.15, 0.2) is 0 Å². The van der Waals surface area contributed by atoms with Gasteiger partial charge in [-0.15, -0.1) is 0 Å². The van der Waals surface area contributed by atoms with Crippen molar-refractivity contribution in [2.75, 3.05) is 0 Å². The standard InChI is InChI=1S/C5H3Cl2NOS/c1-2-3(6)4(5(7)9)10-8-2/h1H3. The number of aromatic nitrogens is 1. The molecule has 0 unspecified atom stereocenters. The van der Waals surface area contributed by atoms with Gasteiger partial charge in [0.05, 0.1) is 10.7 Å². The molecular weight excluding hydrogens is 193 g/mol. The molecule has 0 aliphatic carbocycles. The molecule has 0 saturated carbocycles. The Morgan fingerprint density at radius 2 is 2.30 bits per heavy atom. The molecule has 1 aromatic rings. The summed E-state index contributed by atoms with van der Waals surface area (Å²) in [5.41, 5.74) is 0.649. The van der Waals surface area contributed by atoms with Crippen LogP contribution in [0.1, 0.15) is 15.4 Å². The van der Waals surface area contributed by atoms with E-state index < -0.39 is 5.24 Å². The molecule has 0 spiro atoms. The lowest BCUT2D eigenvalue weighted by Crippen LogP contribution is -1.82. The lowest BCUT2D eigenvalue weighted by molar-refractivity contribution is 0.108. The number of hydrogen-bond donors (Lipinski definition) is 0. The van der Waals surface area contributed by atoms with Crippen molar-refractivity contribution in [3.8, 4) is 0 Å². The van der Waals surface area contributed by atoms with Crippen LogP contribution in [0.25, 0.3) is 0 Å². The maximum absolute atomic E-state index is 10.5. The number of rotatable bonds is 1. The summed E-state index contributed by atoms with van der Waals surface area (Å²) in [6.07, 6.45) is 0. The Kier molecular flexibility index (Phi) is 2.28. The fourth-order valence-electron chi connectivity index (χ4n) is 0.481. The summed E-state index contributed by atoms with van der Waals surface area (Å²) in [5, 5.41) is -0.180. The van der Waals surface area contributed by atoms with Crippen molar-refractivity contribution in [1.82, 2.24) is 4.37 Å². The lowest BCUT2D eigenvalue weighted by Gasteiger charge is -1.84. The number of hydrogen-bond acceptors (Lipinski definition) is 3. The maximum atomic E-state index is 10.5. The molecule has 0 aliphatic rings. The van der Waals surface area contributed by atoms with Gasteiger partial charge in [-0.05, 0) is 30.1 Å². The summed E-state index contributed by atoms with van der Waals surface area (Å²) in [6, 6.07) is 0. The molecular formula is C5H3Cl2NOS. The Morgan fingerprint density at radius 3 is 2.50 bits per heavy atom. The van der Waals surface area contributed by atoms with Gasteiger partial charge in [-0.25, -0.2) is 0 Å². The third-order valence-electron chi connectivity index (χ3n) is 0.969. The first-order chi connectivity index (χ1) is 4.63. The monoisotopic (exact) mass is 195 g/mol. The SMILES string of the molecule is Cc1nsc(C(=O)Cl)c1Cl. The molecule has 0 aromatic carbocycles. The maximum Gasteiger partial charge on any atom is 0.265 e. The lowest BCUT2D eigenvalue weighted by atomic mass is 10.4. The molecule has 0 bridgehead atoms. The second-order valence-electron chi connectivity index (χ2n) is 1.68. The van der Waals surface area contributed by atoms with Gasteiger partial charge < -0.3 is 0 Å². The molecule has 2 nitrogen and oxygen atoms in total. The normalized spacial score (nSPS) is 9.90. The first kappa shape index (κ1) is 7.98. The highest BCUT2D eigenvalue weighted by molar-refractivity contribution is 7.11. The third-order valence-corrected chi connectivity index (χ3v) is 2.78. The zero-order valence-electron chi connectivity index (χ0n) is 5.02. The number of nitrogens with zero attached hydrogens (tertiary/aromatic N) is 1. The molecule has 0 radical (unpaired) electrons. The zero-order chi connectivity index (χ0) is 7.72. The highest BCUT2D eigenvalue weighted by atomic mass is 35.5. The van der Waals surface area contributed by atoms with E-state index in [0.29, 0.717) is 15.6 Å². The zero-order valence-corrected chi connectivity index (χ0v) is 7.35. The van der Waals surface area contributed by atoms with Gasteiger partial charge in [0.1, 0.15) is 4.88 Å². The topological polar surface area (TPSA) is 30.0 Å². The van der Waals surface area contributed by atoms with Crippen LogP contribution < -0.4 is 0 Å². The first-order valence-corrected chi connectivity index (χ1v) is 3.97. The van der Waals surface area contributed by atoms with Crippen LogP contribution in [0.2, 0.25) is 5.02 Å². The summed E-state index contributed by atoms with van der Waals surface area (Å²) in [5.74, 6) is 0. The van der Waals surface area contributed by atoms with E-state index in [-0.39, 0.29) is 0 Å². The van der Waals surface area contributed by atoms with Gasteiger partial charge in [-0.2, -0.15) is 4.37 Å². The van der Waals surface area contributed by atoms with Crippen molar-refractivity contribution in [3.05, 3.63) is 15.6 Å². The molecule has 1 rings (SSSR count). The number of halogens is 2. The van der Waals surface area contributed by atoms with E-state index in [1.807, 2.05) is 0 Å². The molecule has 0 amide bonds. The number of carbonyl (C=O) groups is 1. The van der Waals surface area contributed by atoms with Crippen LogP contribution in [0.15, 0.2) is 0 Å². The molecule has 0 fully saturated rings. The minimum Gasteiger partial charge on any atom is -0.275 e. The third kappa shape index (κ3) is 1.31. The van der Waals surface area contributed by atoms with Crippen LogP contribution in [-0.4, -0.2) is 9.62 Å². The molecule has 54 valence electrons. The van der Waals surface area contributed by atoms with Crippen molar-refractivity contribution in [1.29, 1.82) is 0 Å². The Morgan fingerprint density at radius 1 is 1.70 bits per heavy atom. The number of aryl methyl sites for hydroxylation is 1. The largest absolute Gasteiger partial charge is 0.275 e. The molecule has 0 atom stereocenters. The van der Waals surface area contributed by atoms with E-state index in [0.717, 1.165) is 11.5 Å². The van der Waals surface area contributed by atoms with E-state index >= 15 is 0 Å². The van der Waals surface area contributed by atoms with Gasteiger partial charge in [-0.1, -0.05) is 11.6 Å². The average Bonchev–Trinajstić information content (AvgIpc) is 2.14. The van der Waals surface area contributed by atoms with E-state index in [1.54, 1.807) is 6.92 Å². The van der Waals surface area contributed by atoms with E-state index in [4.69, 9.17) is 23.2 Å². The van der Waals surface area contributed by atoms with E-state index in [2.05, 4.69) is 4.37 Å². The van der Waals surface area contributed by atoms with Crippen molar-refractivity contribution < 1.29 is 4.79 Å². The fourth-order valence-corrected chi connectivity index (χ4v) is 1.63. The Hall–Kier alpha value is -0.120. The summed E-state index contributed by atoms with van der Waals surface area (Å²) in [6.45, 7) is 1.72. The van der Waals surface area contributed by atoms with Crippen LogP contribution in [0, 0.1) is 6.92 Å². The van der Waals surface area contributed by atoms with Crippen molar-refractivity contribution in [3.63, 3.8) is 0 Å². The summed E-state index contributed by atoms with van der Waals surface area (Å²) < 4.78 is 3.84. The van der Waals surface area contributed by atoms with Gasteiger partial charge in [0, 0.05) is 0 Å². The quantitative estimate of drug-likeness (QED) is 0.645. The van der Waals surface area contributed by atoms with Crippen molar-refractivity contribution in [2.45, 2.75) is 6.92 Å². The summed E-state index contributed by atoms with van der Waals surface area (Å²) in [4.78, 5) is 10.9. The second-order valence-corrected chi connectivity index (χ2v) is 3.18. The Bertz CT molecular complexity index is 271. The van der Waals surface area contributed by atoms with Crippen molar-refractivity contribution >= 4 is 40.0 Å². The molecule has 0 N–H and O–H groups in total. The van der Waals surface area contributed by atoms with Gasteiger partial charge in [0.2, 0.25) is 0 Å². The smallest absolute Gasteiger partial charge is 0.265 e. The fraction of sp³-hybridized carbons (Fsp3) is 0.200. The van der Waals surface area contributed by atoms with E-state index in [9.17, 15) is 4.79 Å². The highest BCUT2D eigenvalue weighted by Gasteiger charge is 2.12. The van der Waals surface area contributed by atoms with Crippen molar-refractivity contribution in [2.24, 2.45) is 0 Å². The van der Waals surface area contributed by atoms with Crippen LogP contribution in [0.3, 0.4) is 0 Å². The molecule has 10 heavy (non-hydrogen) atoms. The highest BCUT2D eigenvalue weighted by Crippen LogP contribution is 2.24. The molecule has 5 heteroatoms. The first-order valence-electron chi connectivity index (χ1n) is 2.44. The average molecular weight is 196 g/mol. The predicted molar refractivity (Wildman–Crippen MR) is 42.0 cm³/mol. The van der Waals surface area contributed by atoms with E-state index in [1.165, 1.54) is 0 Å².